The van der Waals surface area contributed by atoms with Crippen molar-refractivity contribution in [2.45, 2.75) is 24.3 Å². The number of rotatable bonds is 7. The van der Waals surface area contributed by atoms with Crippen molar-refractivity contribution in [2.75, 3.05) is 12.4 Å². The van der Waals surface area contributed by atoms with Gasteiger partial charge in [0.05, 0.1) is 12.4 Å². The van der Waals surface area contributed by atoms with Crippen LogP contribution in [0, 0.1) is 0 Å². The molecule has 0 radical (unpaired) electrons. The van der Waals surface area contributed by atoms with Crippen LogP contribution in [0.15, 0.2) is 53.7 Å². The van der Waals surface area contributed by atoms with Gasteiger partial charge < -0.3 is 10.1 Å². The Morgan fingerprint density at radius 2 is 1.96 bits per heavy atom. The van der Waals surface area contributed by atoms with Crippen LogP contribution in [0.25, 0.3) is 5.69 Å². The molecule has 0 aliphatic rings. The van der Waals surface area contributed by atoms with Crippen molar-refractivity contribution in [2.24, 2.45) is 0 Å². The monoisotopic (exact) mass is 397 g/mol. The molecule has 0 bridgehead atoms. The van der Waals surface area contributed by atoms with Crippen molar-refractivity contribution in [1.82, 2.24) is 20.2 Å². The first kappa shape index (κ1) is 19.6. The third-order valence-corrected chi connectivity index (χ3v) is 4.98. The summed E-state index contributed by atoms with van der Waals surface area (Å²) < 4.78 is 6.88. The second-order valence-electron chi connectivity index (χ2n) is 5.93. The maximum atomic E-state index is 12.6. The number of nitrogens with one attached hydrogen (secondary N) is 1. The van der Waals surface area contributed by atoms with Crippen LogP contribution in [-0.2, 0) is 4.79 Å². The highest BCUT2D eigenvalue weighted by atomic mass is 32.2. The van der Waals surface area contributed by atoms with Gasteiger partial charge >= 0.3 is 0 Å². The van der Waals surface area contributed by atoms with E-state index in [0.29, 0.717) is 27.8 Å². The quantitative estimate of drug-likeness (QED) is 0.483. The van der Waals surface area contributed by atoms with Crippen molar-refractivity contribution in [1.29, 1.82) is 0 Å². The van der Waals surface area contributed by atoms with Crippen LogP contribution >= 0.6 is 11.8 Å². The van der Waals surface area contributed by atoms with Gasteiger partial charge in [-0.15, -0.1) is 5.10 Å². The molecule has 0 fully saturated rings. The largest absolute Gasteiger partial charge is 0.494 e. The maximum absolute atomic E-state index is 12.6. The van der Waals surface area contributed by atoms with Gasteiger partial charge in [-0.25, -0.2) is 0 Å². The summed E-state index contributed by atoms with van der Waals surface area (Å²) in [5.74, 6) is 0.338. The number of benzene rings is 2. The summed E-state index contributed by atoms with van der Waals surface area (Å²) in [4.78, 5) is 24.1. The predicted molar refractivity (Wildman–Crippen MR) is 106 cm³/mol. The lowest BCUT2D eigenvalue weighted by atomic mass is 10.1. The Hall–Kier alpha value is -3.20. The minimum absolute atomic E-state index is 0.0606. The van der Waals surface area contributed by atoms with E-state index in [1.54, 1.807) is 38.3 Å². The van der Waals surface area contributed by atoms with E-state index in [1.807, 2.05) is 24.3 Å². The van der Waals surface area contributed by atoms with Crippen LogP contribution in [0.2, 0.25) is 0 Å². The zero-order valence-electron chi connectivity index (χ0n) is 15.6. The number of thioether (sulfide) groups is 1. The Bertz CT molecular complexity index is 1000. The molecule has 3 rings (SSSR count). The highest BCUT2D eigenvalue weighted by molar-refractivity contribution is 8.00. The second-order valence-corrected chi connectivity index (χ2v) is 7.24. The molecular formula is C19H19N5O3S. The lowest BCUT2D eigenvalue weighted by Gasteiger charge is -2.13. The number of hydrogen-bond donors (Lipinski definition) is 1. The highest BCUT2D eigenvalue weighted by Crippen LogP contribution is 2.28. The Balaban J connectivity index is 1.74. The number of Topliss-reactive ketones (excluding diaryl/α,β-unsaturated/α-hetero) is 1. The topological polar surface area (TPSA) is 99.0 Å². The molecule has 28 heavy (non-hydrogen) atoms. The summed E-state index contributed by atoms with van der Waals surface area (Å²) in [5.41, 5.74) is 1.78. The molecule has 0 saturated carbocycles. The lowest BCUT2D eigenvalue weighted by molar-refractivity contribution is -0.115. The van der Waals surface area contributed by atoms with Gasteiger partial charge in [-0.05, 0) is 48.5 Å². The molecular weight excluding hydrogens is 378 g/mol. The van der Waals surface area contributed by atoms with Crippen LogP contribution in [0.3, 0.4) is 0 Å². The number of carbonyl (C=O) groups is 2. The van der Waals surface area contributed by atoms with Crippen molar-refractivity contribution < 1.29 is 14.3 Å². The number of para-hydroxylation sites is 2. The Labute approximate surface area is 166 Å². The molecule has 2 aromatic carbocycles. The van der Waals surface area contributed by atoms with Crippen LogP contribution in [0.5, 0.6) is 5.75 Å². The van der Waals surface area contributed by atoms with Crippen molar-refractivity contribution in [3.63, 3.8) is 0 Å². The zero-order valence-corrected chi connectivity index (χ0v) is 16.4. The summed E-state index contributed by atoms with van der Waals surface area (Å²) in [6, 6.07) is 14.2. The number of carbonyl (C=O) groups excluding carboxylic acids is 2. The molecule has 8 nitrogen and oxygen atoms in total. The van der Waals surface area contributed by atoms with Gasteiger partial charge in [0.2, 0.25) is 11.1 Å². The molecule has 1 aromatic heterocycles. The summed E-state index contributed by atoms with van der Waals surface area (Å²) in [7, 11) is 1.57. The van der Waals surface area contributed by atoms with Gasteiger partial charge in [-0.2, -0.15) is 4.68 Å². The van der Waals surface area contributed by atoms with Gasteiger partial charge in [0.25, 0.3) is 0 Å². The molecule has 9 heteroatoms. The molecule has 0 saturated heterocycles. The van der Waals surface area contributed by atoms with Crippen LogP contribution < -0.4 is 10.1 Å². The third kappa shape index (κ3) is 4.37. The number of hydrogen-bond acceptors (Lipinski definition) is 7. The second kappa shape index (κ2) is 8.66. The number of anilines is 1. The Morgan fingerprint density at radius 3 is 2.71 bits per heavy atom. The van der Waals surface area contributed by atoms with Crippen molar-refractivity contribution in [3.05, 3.63) is 54.1 Å². The number of amides is 1. The molecule has 144 valence electrons. The van der Waals surface area contributed by atoms with Gasteiger partial charge in [0.1, 0.15) is 11.4 Å². The standard InChI is InChI=1S/C19H19N5O3S/c1-12(25)14-7-6-8-15(11-14)20-18(26)13(2)28-19-21-22-23-24(19)16-9-4-5-10-17(16)27-3/h4-11,13H,1-3H3,(H,20,26). The molecule has 1 amide bonds. The van der Waals surface area contributed by atoms with Crippen molar-refractivity contribution in [3.8, 4) is 11.4 Å². The first-order valence-electron chi connectivity index (χ1n) is 8.50. The van der Waals surface area contributed by atoms with Crippen LogP contribution in [-0.4, -0.2) is 44.3 Å². The molecule has 3 aromatic rings. The Kier molecular flexibility index (Phi) is 6.05. The number of methoxy groups -OCH3 is 1. The minimum Gasteiger partial charge on any atom is -0.494 e. The molecule has 1 atom stereocenters. The van der Waals surface area contributed by atoms with E-state index in [-0.39, 0.29) is 11.7 Å². The lowest BCUT2D eigenvalue weighted by Crippen LogP contribution is -2.23. The number of nitrogens with zero attached hydrogens (tertiary/aromatic N) is 4. The smallest absolute Gasteiger partial charge is 0.237 e. The SMILES string of the molecule is COc1ccccc1-n1nnnc1SC(C)C(=O)Nc1cccc(C(C)=O)c1. The van der Waals surface area contributed by atoms with Crippen molar-refractivity contribution >= 4 is 29.1 Å². The van der Waals surface area contributed by atoms with Gasteiger partial charge in [0.15, 0.2) is 5.78 Å². The minimum atomic E-state index is -0.472. The van der Waals surface area contributed by atoms with Gasteiger partial charge in [-0.3, -0.25) is 9.59 Å². The summed E-state index contributed by atoms with van der Waals surface area (Å²) in [6.45, 7) is 3.24. The number of ether oxygens (including phenoxy) is 1. The molecule has 1 heterocycles. The molecule has 1 unspecified atom stereocenters. The van der Waals surface area contributed by atoms with Gasteiger partial charge in [-0.1, -0.05) is 36.0 Å². The number of ketones is 1. The average Bonchev–Trinajstić information content (AvgIpc) is 3.15. The summed E-state index contributed by atoms with van der Waals surface area (Å²) in [5, 5.41) is 14.6. The molecule has 0 aliphatic carbocycles. The number of tetrazole rings is 1. The zero-order chi connectivity index (χ0) is 20.1. The van der Waals surface area contributed by atoms with Gasteiger partial charge in [0, 0.05) is 11.3 Å². The molecule has 0 spiro atoms. The third-order valence-electron chi connectivity index (χ3n) is 3.94. The van der Waals surface area contributed by atoms with E-state index in [2.05, 4.69) is 20.8 Å². The van der Waals surface area contributed by atoms with E-state index in [0.717, 1.165) is 0 Å². The fourth-order valence-electron chi connectivity index (χ4n) is 2.48. The van der Waals surface area contributed by atoms with E-state index in [1.165, 1.54) is 23.4 Å². The maximum Gasteiger partial charge on any atom is 0.237 e. The first-order chi connectivity index (χ1) is 13.5. The van der Waals surface area contributed by atoms with E-state index in [4.69, 9.17) is 4.74 Å². The normalized spacial score (nSPS) is 11.7. The first-order valence-corrected chi connectivity index (χ1v) is 9.38. The molecule has 0 aliphatic heterocycles. The van der Waals surface area contributed by atoms with Crippen LogP contribution in [0.4, 0.5) is 5.69 Å². The molecule has 1 N–H and O–H groups in total. The summed E-state index contributed by atoms with van der Waals surface area (Å²) in [6.07, 6.45) is 0. The predicted octanol–water partition coefficient (Wildman–Crippen LogP) is 2.99. The van der Waals surface area contributed by atoms with E-state index in [9.17, 15) is 9.59 Å². The highest BCUT2D eigenvalue weighted by Gasteiger charge is 2.20. The Morgan fingerprint density at radius 1 is 1.18 bits per heavy atom. The fraction of sp³-hybridized carbons (Fsp3) is 0.211. The average molecular weight is 397 g/mol. The van der Waals surface area contributed by atoms with E-state index < -0.39 is 5.25 Å². The fourth-order valence-corrected chi connectivity index (χ4v) is 3.28. The van der Waals surface area contributed by atoms with Crippen LogP contribution in [0.1, 0.15) is 24.2 Å². The number of aromatic nitrogens is 4. The van der Waals surface area contributed by atoms with E-state index >= 15 is 0 Å². The summed E-state index contributed by atoms with van der Waals surface area (Å²) >= 11 is 1.22.